The van der Waals surface area contributed by atoms with E-state index in [1.807, 2.05) is 24.3 Å². The van der Waals surface area contributed by atoms with Crippen molar-refractivity contribution in [1.29, 1.82) is 0 Å². The Balaban J connectivity index is 1.98. The Labute approximate surface area is 120 Å². The summed E-state index contributed by atoms with van der Waals surface area (Å²) in [4.78, 5) is 13.3. The molecule has 1 aromatic carbocycles. The second kappa shape index (κ2) is 6.75. The SMILES string of the molecule is CC(C)N1CCC[C@H]1COc1ccccc1CC(=O)O. The maximum atomic E-state index is 10.9. The summed E-state index contributed by atoms with van der Waals surface area (Å²) < 4.78 is 5.90. The number of carboxylic acid groups (broad SMARTS) is 1. The molecule has 1 aromatic rings. The Hall–Kier alpha value is -1.55. The van der Waals surface area contributed by atoms with Crippen molar-refractivity contribution in [2.45, 2.75) is 45.2 Å². The number of carboxylic acids is 1. The summed E-state index contributed by atoms with van der Waals surface area (Å²) in [5.41, 5.74) is 0.745. The predicted molar refractivity (Wildman–Crippen MR) is 78.1 cm³/mol. The summed E-state index contributed by atoms with van der Waals surface area (Å²) in [5.74, 6) is -0.128. The summed E-state index contributed by atoms with van der Waals surface area (Å²) >= 11 is 0. The number of ether oxygens (including phenoxy) is 1. The van der Waals surface area contributed by atoms with Gasteiger partial charge >= 0.3 is 5.97 Å². The third-order valence-corrected chi connectivity index (χ3v) is 3.83. The van der Waals surface area contributed by atoms with Gasteiger partial charge in [0.15, 0.2) is 0 Å². The Morgan fingerprint density at radius 1 is 1.45 bits per heavy atom. The van der Waals surface area contributed by atoms with E-state index in [1.54, 1.807) is 0 Å². The average molecular weight is 277 g/mol. The highest BCUT2D eigenvalue weighted by Gasteiger charge is 2.27. The van der Waals surface area contributed by atoms with E-state index in [9.17, 15) is 4.79 Å². The van der Waals surface area contributed by atoms with Crippen LogP contribution in [0.15, 0.2) is 24.3 Å². The van der Waals surface area contributed by atoms with Crippen molar-refractivity contribution in [3.8, 4) is 5.75 Å². The van der Waals surface area contributed by atoms with Crippen molar-refractivity contribution in [2.24, 2.45) is 0 Å². The van der Waals surface area contributed by atoms with Crippen LogP contribution in [0.1, 0.15) is 32.3 Å². The fourth-order valence-electron chi connectivity index (χ4n) is 2.86. The topological polar surface area (TPSA) is 49.8 Å². The quantitative estimate of drug-likeness (QED) is 0.868. The Morgan fingerprint density at radius 2 is 2.20 bits per heavy atom. The van der Waals surface area contributed by atoms with Gasteiger partial charge in [0.2, 0.25) is 0 Å². The number of benzene rings is 1. The van der Waals surface area contributed by atoms with Crippen LogP contribution in [0.4, 0.5) is 0 Å². The molecule has 0 bridgehead atoms. The van der Waals surface area contributed by atoms with Crippen LogP contribution in [0.3, 0.4) is 0 Å². The summed E-state index contributed by atoms with van der Waals surface area (Å²) in [6, 6.07) is 8.37. The minimum absolute atomic E-state index is 0.00867. The normalized spacial score (nSPS) is 19.4. The maximum absolute atomic E-state index is 10.9. The van der Waals surface area contributed by atoms with E-state index < -0.39 is 5.97 Å². The lowest BCUT2D eigenvalue weighted by atomic mass is 10.1. The van der Waals surface area contributed by atoms with Crippen molar-refractivity contribution in [1.82, 2.24) is 4.90 Å². The van der Waals surface area contributed by atoms with Gasteiger partial charge in [-0.1, -0.05) is 18.2 Å². The van der Waals surface area contributed by atoms with Gasteiger partial charge in [0.05, 0.1) is 6.42 Å². The van der Waals surface area contributed by atoms with E-state index in [4.69, 9.17) is 9.84 Å². The molecular formula is C16H23NO3. The van der Waals surface area contributed by atoms with Gasteiger partial charge in [0.1, 0.15) is 12.4 Å². The van der Waals surface area contributed by atoms with Crippen LogP contribution in [0, 0.1) is 0 Å². The molecule has 2 rings (SSSR count). The zero-order chi connectivity index (χ0) is 14.5. The Kier molecular flexibility index (Phi) is 5.01. The number of hydrogen-bond acceptors (Lipinski definition) is 3. The molecule has 0 radical (unpaired) electrons. The number of carbonyl (C=O) groups is 1. The predicted octanol–water partition coefficient (Wildman–Crippen LogP) is 2.57. The zero-order valence-corrected chi connectivity index (χ0v) is 12.2. The molecule has 1 aliphatic heterocycles. The summed E-state index contributed by atoms with van der Waals surface area (Å²) in [6.45, 7) is 6.17. The van der Waals surface area contributed by atoms with E-state index in [1.165, 1.54) is 6.42 Å². The first-order valence-electron chi connectivity index (χ1n) is 7.26. The van der Waals surface area contributed by atoms with E-state index in [-0.39, 0.29) is 6.42 Å². The molecule has 1 heterocycles. The highest BCUT2D eigenvalue weighted by molar-refractivity contribution is 5.71. The van der Waals surface area contributed by atoms with Crippen LogP contribution in [0.5, 0.6) is 5.75 Å². The molecule has 0 unspecified atom stereocenters. The lowest BCUT2D eigenvalue weighted by Crippen LogP contribution is -2.39. The van der Waals surface area contributed by atoms with Crippen LogP contribution in [-0.4, -0.2) is 41.2 Å². The van der Waals surface area contributed by atoms with Gasteiger partial charge < -0.3 is 9.84 Å². The molecule has 1 N–H and O–H groups in total. The third kappa shape index (κ3) is 3.73. The van der Waals surface area contributed by atoms with Crippen molar-refractivity contribution >= 4 is 5.97 Å². The lowest BCUT2D eigenvalue weighted by Gasteiger charge is -2.28. The molecule has 0 aliphatic carbocycles. The molecule has 0 spiro atoms. The number of nitrogens with zero attached hydrogens (tertiary/aromatic N) is 1. The minimum Gasteiger partial charge on any atom is -0.492 e. The Bertz CT molecular complexity index is 459. The van der Waals surface area contributed by atoms with Gasteiger partial charge in [0.25, 0.3) is 0 Å². The van der Waals surface area contributed by atoms with E-state index in [2.05, 4.69) is 18.7 Å². The first-order chi connectivity index (χ1) is 9.58. The van der Waals surface area contributed by atoms with Gasteiger partial charge in [-0.2, -0.15) is 0 Å². The number of hydrogen-bond donors (Lipinski definition) is 1. The molecule has 110 valence electrons. The van der Waals surface area contributed by atoms with E-state index in [0.717, 1.165) is 18.5 Å². The molecule has 1 fully saturated rings. The summed E-state index contributed by atoms with van der Waals surface area (Å²) in [5, 5.41) is 8.92. The first-order valence-corrected chi connectivity index (χ1v) is 7.26. The second-order valence-electron chi connectivity index (χ2n) is 5.62. The molecule has 1 saturated heterocycles. The number of para-hydroxylation sites is 1. The molecule has 20 heavy (non-hydrogen) atoms. The number of rotatable bonds is 6. The summed E-state index contributed by atoms with van der Waals surface area (Å²) in [6.07, 6.45) is 2.37. The average Bonchev–Trinajstić information content (AvgIpc) is 2.85. The fourth-order valence-corrected chi connectivity index (χ4v) is 2.86. The number of likely N-dealkylation sites (tertiary alicyclic amines) is 1. The van der Waals surface area contributed by atoms with Crippen LogP contribution in [0.2, 0.25) is 0 Å². The van der Waals surface area contributed by atoms with Crippen molar-refractivity contribution in [3.63, 3.8) is 0 Å². The van der Waals surface area contributed by atoms with Gasteiger partial charge in [-0.3, -0.25) is 9.69 Å². The standard InChI is InChI=1S/C16H23NO3/c1-12(2)17-9-5-7-14(17)11-20-15-8-4-3-6-13(15)10-16(18)19/h3-4,6,8,12,14H,5,7,9-11H2,1-2H3,(H,18,19)/t14-/m0/s1. The van der Waals surface area contributed by atoms with Crippen molar-refractivity contribution < 1.29 is 14.6 Å². The summed E-state index contributed by atoms with van der Waals surface area (Å²) in [7, 11) is 0. The molecule has 4 heteroatoms. The first kappa shape index (κ1) is 14.9. The molecule has 0 saturated carbocycles. The van der Waals surface area contributed by atoms with E-state index >= 15 is 0 Å². The van der Waals surface area contributed by atoms with Crippen molar-refractivity contribution in [3.05, 3.63) is 29.8 Å². The van der Waals surface area contributed by atoms with Crippen LogP contribution >= 0.6 is 0 Å². The minimum atomic E-state index is -0.828. The second-order valence-corrected chi connectivity index (χ2v) is 5.62. The molecule has 4 nitrogen and oxygen atoms in total. The lowest BCUT2D eigenvalue weighted by molar-refractivity contribution is -0.136. The Morgan fingerprint density at radius 3 is 2.90 bits per heavy atom. The monoisotopic (exact) mass is 277 g/mol. The van der Waals surface area contributed by atoms with Crippen LogP contribution in [0.25, 0.3) is 0 Å². The zero-order valence-electron chi connectivity index (χ0n) is 12.2. The molecule has 1 aliphatic rings. The molecule has 0 amide bonds. The van der Waals surface area contributed by atoms with Gasteiger partial charge in [0, 0.05) is 17.6 Å². The highest BCUT2D eigenvalue weighted by atomic mass is 16.5. The van der Waals surface area contributed by atoms with Gasteiger partial charge in [-0.15, -0.1) is 0 Å². The van der Waals surface area contributed by atoms with Crippen LogP contribution in [-0.2, 0) is 11.2 Å². The van der Waals surface area contributed by atoms with Crippen LogP contribution < -0.4 is 4.74 Å². The third-order valence-electron chi connectivity index (χ3n) is 3.83. The largest absolute Gasteiger partial charge is 0.492 e. The smallest absolute Gasteiger partial charge is 0.307 e. The van der Waals surface area contributed by atoms with Gasteiger partial charge in [-0.25, -0.2) is 0 Å². The van der Waals surface area contributed by atoms with Gasteiger partial charge in [-0.05, 0) is 39.3 Å². The maximum Gasteiger partial charge on any atom is 0.307 e. The highest BCUT2D eigenvalue weighted by Crippen LogP contribution is 2.23. The molecule has 0 aromatic heterocycles. The molecule has 1 atom stereocenters. The fraction of sp³-hybridized carbons (Fsp3) is 0.562. The van der Waals surface area contributed by atoms with E-state index in [0.29, 0.717) is 24.4 Å². The van der Waals surface area contributed by atoms with Crippen molar-refractivity contribution in [2.75, 3.05) is 13.2 Å². The molecular weight excluding hydrogens is 254 g/mol. The number of aliphatic carboxylic acids is 1.